The molecule has 0 unspecified atom stereocenters. The van der Waals surface area contributed by atoms with E-state index in [0.717, 1.165) is 33.9 Å². The van der Waals surface area contributed by atoms with E-state index in [1.165, 1.54) is 0 Å². The summed E-state index contributed by atoms with van der Waals surface area (Å²) in [5.74, 6) is 1.51. The van der Waals surface area contributed by atoms with Gasteiger partial charge in [-0.2, -0.15) is 5.10 Å². The Labute approximate surface area is 158 Å². The molecule has 0 saturated carbocycles. The van der Waals surface area contributed by atoms with Crippen LogP contribution in [0.2, 0.25) is 0 Å². The fourth-order valence-electron chi connectivity index (χ4n) is 2.81. The summed E-state index contributed by atoms with van der Waals surface area (Å²) in [6.45, 7) is 1.00. The topological polar surface area (TPSA) is 47.1 Å². The summed E-state index contributed by atoms with van der Waals surface area (Å²) in [6, 6.07) is 28.0. The van der Waals surface area contributed by atoms with Gasteiger partial charge in [-0.25, -0.2) is 0 Å². The zero-order chi connectivity index (χ0) is 18.3. The van der Waals surface area contributed by atoms with Gasteiger partial charge in [0.25, 0.3) is 0 Å². The van der Waals surface area contributed by atoms with Gasteiger partial charge >= 0.3 is 0 Å². The number of nitrogens with one attached hydrogen (secondary N) is 1. The lowest BCUT2D eigenvalue weighted by atomic mass is 10.1. The maximum atomic E-state index is 6.11. The number of nitrogens with zero attached hydrogens (tertiary/aromatic N) is 1. The van der Waals surface area contributed by atoms with Crippen molar-refractivity contribution in [2.45, 2.75) is 13.2 Å². The van der Waals surface area contributed by atoms with Gasteiger partial charge in [0.2, 0.25) is 0 Å². The van der Waals surface area contributed by atoms with Gasteiger partial charge in [0, 0.05) is 17.8 Å². The largest absolute Gasteiger partial charge is 0.489 e. The first-order valence-corrected chi connectivity index (χ1v) is 8.86. The van der Waals surface area contributed by atoms with Crippen LogP contribution in [0, 0.1) is 0 Å². The van der Waals surface area contributed by atoms with E-state index >= 15 is 0 Å². The standard InChI is InChI=1S/C23H20N2O2/c1-3-7-18(8-4-1)16-26-20-11-12-21(22-13-14-24-25-22)23(15-20)27-17-19-9-5-2-6-10-19/h1-15H,16-17H2,(H,24,25). The van der Waals surface area contributed by atoms with E-state index in [2.05, 4.69) is 10.2 Å². The number of H-pyrrole nitrogens is 1. The highest BCUT2D eigenvalue weighted by Crippen LogP contribution is 2.33. The summed E-state index contributed by atoms with van der Waals surface area (Å²) in [4.78, 5) is 0. The van der Waals surface area contributed by atoms with Crippen LogP contribution < -0.4 is 9.47 Å². The Bertz CT molecular complexity index is 968. The predicted octanol–water partition coefficient (Wildman–Crippen LogP) is 5.23. The van der Waals surface area contributed by atoms with Crippen LogP contribution in [0.15, 0.2) is 91.1 Å². The quantitative estimate of drug-likeness (QED) is 0.493. The van der Waals surface area contributed by atoms with E-state index in [1.807, 2.05) is 84.9 Å². The summed E-state index contributed by atoms with van der Waals surface area (Å²) in [6.07, 6.45) is 1.80. The maximum Gasteiger partial charge on any atom is 0.132 e. The third-order valence-electron chi connectivity index (χ3n) is 4.22. The minimum Gasteiger partial charge on any atom is -0.489 e. The van der Waals surface area contributed by atoms with Crippen molar-refractivity contribution in [2.75, 3.05) is 0 Å². The highest BCUT2D eigenvalue weighted by atomic mass is 16.5. The second kappa shape index (κ2) is 8.23. The molecule has 27 heavy (non-hydrogen) atoms. The van der Waals surface area contributed by atoms with Crippen LogP contribution in [0.5, 0.6) is 11.5 Å². The Balaban J connectivity index is 1.55. The highest BCUT2D eigenvalue weighted by Gasteiger charge is 2.11. The first-order valence-electron chi connectivity index (χ1n) is 8.86. The van der Waals surface area contributed by atoms with Gasteiger partial charge in [-0.1, -0.05) is 60.7 Å². The summed E-state index contributed by atoms with van der Waals surface area (Å²) in [5.41, 5.74) is 4.01. The molecule has 0 atom stereocenters. The summed E-state index contributed by atoms with van der Waals surface area (Å²) >= 11 is 0. The van der Waals surface area contributed by atoms with Gasteiger partial charge in [-0.15, -0.1) is 0 Å². The molecule has 4 heteroatoms. The van der Waals surface area contributed by atoms with E-state index in [-0.39, 0.29) is 0 Å². The van der Waals surface area contributed by atoms with Crippen LogP contribution in [0.1, 0.15) is 11.1 Å². The van der Waals surface area contributed by atoms with Crippen molar-refractivity contribution in [2.24, 2.45) is 0 Å². The van der Waals surface area contributed by atoms with Crippen LogP contribution >= 0.6 is 0 Å². The zero-order valence-electron chi connectivity index (χ0n) is 14.8. The van der Waals surface area contributed by atoms with Gasteiger partial charge in [0.05, 0.1) is 5.69 Å². The van der Waals surface area contributed by atoms with Gasteiger partial charge in [-0.05, 0) is 29.3 Å². The van der Waals surface area contributed by atoms with Crippen molar-refractivity contribution < 1.29 is 9.47 Å². The smallest absolute Gasteiger partial charge is 0.132 e. The Morgan fingerprint density at radius 3 is 2.00 bits per heavy atom. The molecule has 1 aromatic heterocycles. The van der Waals surface area contributed by atoms with Crippen molar-refractivity contribution in [3.63, 3.8) is 0 Å². The highest BCUT2D eigenvalue weighted by molar-refractivity contribution is 5.68. The zero-order valence-corrected chi connectivity index (χ0v) is 14.8. The first kappa shape index (κ1) is 16.9. The van der Waals surface area contributed by atoms with Crippen molar-refractivity contribution in [1.82, 2.24) is 10.2 Å². The van der Waals surface area contributed by atoms with E-state index < -0.39 is 0 Å². The first-order chi connectivity index (χ1) is 13.4. The molecule has 0 saturated heterocycles. The van der Waals surface area contributed by atoms with Crippen molar-refractivity contribution in [1.29, 1.82) is 0 Å². The van der Waals surface area contributed by atoms with Crippen LogP contribution in [-0.2, 0) is 13.2 Å². The number of benzene rings is 3. The third kappa shape index (κ3) is 4.36. The molecule has 0 aliphatic heterocycles. The van der Waals surface area contributed by atoms with E-state index in [4.69, 9.17) is 9.47 Å². The Morgan fingerprint density at radius 2 is 1.37 bits per heavy atom. The SMILES string of the molecule is c1ccc(COc2ccc(-c3cc[nH]n3)c(OCc3ccccc3)c2)cc1. The Kier molecular flexibility index (Phi) is 5.16. The van der Waals surface area contributed by atoms with Gasteiger partial charge in [-0.3, -0.25) is 5.10 Å². The minimum absolute atomic E-state index is 0.487. The Hall–Kier alpha value is -3.53. The summed E-state index contributed by atoms with van der Waals surface area (Å²) in [7, 11) is 0. The molecule has 4 rings (SSSR count). The second-order valence-corrected chi connectivity index (χ2v) is 6.17. The van der Waals surface area contributed by atoms with Crippen LogP contribution in [0.25, 0.3) is 11.3 Å². The monoisotopic (exact) mass is 356 g/mol. The molecule has 4 aromatic rings. The average molecular weight is 356 g/mol. The molecular weight excluding hydrogens is 336 g/mol. The molecule has 0 radical (unpaired) electrons. The number of aromatic nitrogens is 2. The lowest BCUT2D eigenvalue weighted by molar-refractivity contribution is 0.291. The number of hydrogen-bond donors (Lipinski definition) is 1. The molecule has 1 heterocycles. The van der Waals surface area contributed by atoms with Crippen LogP contribution in [0.4, 0.5) is 0 Å². The molecule has 0 aliphatic rings. The van der Waals surface area contributed by atoms with Gasteiger partial charge in [0.15, 0.2) is 0 Å². The molecular formula is C23H20N2O2. The molecule has 1 N–H and O–H groups in total. The fraction of sp³-hybridized carbons (Fsp3) is 0.0870. The predicted molar refractivity (Wildman–Crippen MR) is 106 cm³/mol. The molecule has 0 amide bonds. The van der Waals surface area contributed by atoms with Crippen LogP contribution in [-0.4, -0.2) is 10.2 Å². The molecule has 3 aromatic carbocycles. The molecule has 4 nitrogen and oxygen atoms in total. The van der Waals surface area contributed by atoms with E-state index in [1.54, 1.807) is 6.20 Å². The normalized spacial score (nSPS) is 10.5. The summed E-state index contributed by atoms with van der Waals surface area (Å²) in [5, 5.41) is 7.13. The number of rotatable bonds is 7. The average Bonchev–Trinajstić information content (AvgIpc) is 3.27. The molecule has 0 fully saturated rings. The van der Waals surface area contributed by atoms with Gasteiger partial charge in [0.1, 0.15) is 24.7 Å². The fourth-order valence-corrected chi connectivity index (χ4v) is 2.81. The molecule has 134 valence electrons. The molecule has 0 aliphatic carbocycles. The van der Waals surface area contributed by atoms with Crippen molar-refractivity contribution in [3.8, 4) is 22.8 Å². The van der Waals surface area contributed by atoms with E-state index in [9.17, 15) is 0 Å². The van der Waals surface area contributed by atoms with E-state index in [0.29, 0.717) is 13.2 Å². The van der Waals surface area contributed by atoms with Crippen molar-refractivity contribution >= 4 is 0 Å². The maximum absolute atomic E-state index is 6.11. The molecule has 0 bridgehead atoms. The lowest BCUT2D eigenvalue weighted by Crippen LogP contribution is -1.99. The Morgan fingerprint density at radius 1 is 0.704 bits per heavy atom. The third-order valence-corrected chi connectivity index (χ3v) is 4.22. The number of hydrogen-bond acceptors (Lipinski definition) is 3. The van der Waals surface area contributed by atoms with Gasteiger partial charge < -0.3 is 9.47 Å². The molecule has 0 spiro atoms. The lowest BCUT2D eigenvalue weighted by Gasteiger charge is -2.13. The number of ether oxygens (including phenoxy) is 2. The second-order valence-electron chi connectivity index (χ2n) is 6.17. The van der Waals surface area contributed by atoms with Crippen LogP contribution in [0.3, 0.4) is 0 Å². The number of aromatic amines is 1. The summed E-state index contributed by atoms with van der Waals surface area (Å²) < 4.78 is 12.1. The minimum atomic E-state index is 0.487. The van der Waals surface area contributed by atoms with Crippen molar-refractivity contribution in [3.05, 3.63) is 102 Å².